The highest BCUT2D eigenvalue weighted by atomic mass is 16.3. The molecule has 3 saturated carbocycles. The zero-order valence-electron chi connectivity index (χ0n) is 15.7. The molecule has 3 aliphatic heterocycles. The molecule has 0 aromatic rings. The van der Waals surface area contributed by atoms with Crippen molar-refractivity contribution in [3.63, 3.8) is 0 Å². The van der Waals surface area contributed by atoms with Crippen LogP contribution in [0.3, 0.4) is 0 Å². The summed E-state index contributed by atoms with van der Waals surface area (Å²) in [4.78, 5) is 22.0. The van der Waals surface area contributed by atoms with Crippen molar-refractivity contribution in [3.05, 3.63) is 11.5 Å². The van der Waals surface area contributed by atoms with Crippen molar-refractivity contribution in [1.82, 2.24) is 20.4 Å². The second-order valence-corrected chi connectivity index (χ2v) is 8.82. The zero-order chi connectivity index (χ0) is 18.1. The molecule has 142 valence electrons. The Kier molecular flexibility index (Phi) is 3.39. The molecule has 6 rings (SSSR count). The molecule has 2 bridgehead atoms. The van der Waals surface area contributed by atoms with Crippen LogP contribution in [0, 0.1) is 5.41 Å². The van der Waals surface area contributed by atoms with E-state index in [1.54, 1.807) is 0 Å². The Bertz CT molecular complexity index is 690. The van der Waals surface area contributed by atoms with Crippen LogP contribution in [0.4, 0.5) is 4.79 Å². The third kappa shape index (κ3) is 2.09. The van der Waals surface area contributed by atoms with Gasteiger partial charge >= 0.3 is 6.03 Å². The van der Waals surface area contributed by atoms with E-state index in [1.165, 1.54) is 0 Å². The van der Waals surface area contributed by atoms with Crippen molar-refractivity contribution in [3.8, 4) is 0 Å². The van der Waals surface area contributed by atoms with Crippen molar-refractivity contribution in [2.24, 2.45) is 10.4 Å². The third-order valence-electron chi connectivity index (χ3n) is 7.18. The standard InChI is InChI=1S/C19H29N5O2/c1-3-10-23-15-13(14-20-11-12(2)24(14)17(23)25)21-16(22-15)18-4-7-19(26,8-5-18)9-6-18/h12,15,20,26H,3-11H2,1-2H3,(H,21,22)/t12-,15?,18?,19?/m0/s1. The first-order chi connectivity index (χ1) is 12.5. The van der Waals surface area contributed by atoms with E-state index < -0.39 is 5.60 Å². The van der Waals surface area contributed by atoms with E-state index in [0.717, 1.165) is 68.8 Å². The van der Waals surface area contributed by atoms with Gasteiger partial charge in [0.2, 0.25) is 0 Å². The minimum absolute atomic E-state index is 0.0470. The smallest absolute Gasteiger partial charge is 0.327 e. The summed E-state index contributed by atoms with van der Waals surface area (Å²) in [5, 5.41) is 17.6. The minimum Gasteiger partial charge on any atom is -0.390 e. The molecule has 3 N–H and O–H groups in total. The molecule has 3 aliphatic carbocycles. The van der Waals surface area contributed by atoms with Crippen molar-refractivity contribution in [2.75, 3.05) is 13.1 Å². The summed E-state index contributed by atoms with van der Waals surface area (Å²) in [6.07, 6.45) is 6.25. The number of amidine groups is 1. The Morgan fingerprint density at radius 1 is 1.23 bits per heavy atom. The van der Waals surface area contributed by atoms with Gasteiger partial charge in [0.1, 0.15) is 17.4 Å². The molecule has 2 atom stereocenters. The Labute approximate surface area is 154 Å². The predicted octanol–water partition coefficient (Wildman–Crippen LogP) is 1.71. The lowest BCUT2D eigenvalue weighted by Crippen LogP contribution is -2.55. The van der Waals surface area contributed by atoms with Gasteiger partial charge < -0.3 is 15.7 Å². The quantitative estimate of drug-likeness (QED) is 0.717. The average Bonchev–Trinajstić information content (AvgIpc) is 3.24. The van der Waals surface area contributed by atoms with Gasteiger partial charge in [-0.05, 0) is 51.9 Å². The second-order valence-electron chi connectivity index (χ2n) is 8.82. The second kappa shape index (κ2) is 5.38. The molecule has 26 heavy (non-hydrogen) atoms. The van der Waals surface area contributed by atoms with Crippen LogP contribution in [0.2, 0.25) is 0 Å². The number of aliphatic imine (C=N–C) groups is 1. The van der Waals surface area contributed by atoms with Crippen molar-refractivity contribution in [2.45, 2.75) is 76.6 Å². The number of carbonyl (C=O) groups excluding carboxylic acids is 1. The lowest BCUT2D eigenvalue weighted by Gasteiger charge is -2.50. The molecule has 7 heteroatoms. The van der Waals surface area contributed by atoms with Crippen molar-refractivity contribution in [1.29, 1.82) is 0 Å². The molecule has 0 radical (unpaired) electrons. The van der Waals surface area contributed by atoms with E-state index in [9.17, 15) is 9.90 Å². The minimum atomic E-state index is -0.445. The summed E-state index contributed by atoms with van der Waals surface area (Å²) in [5.74, 6) is 1.96. The maximum Gasteiger partial charge on any atom is 0.327 e. The van der Waals surface area contributed by atoms with Crippen LogP contribution in [-0.4, -0.2) is 57.7 Å². The van der Waals surface area contributed by atoms with E-state index >= 15 is 0 Å². The van der Waals surface area contributed by atoms with Crippen LogP contribution in [0.1, 0.15) is 58.8 Å². The van der Waals surface area contributed by atoms with Gasteiger partial charge in [-0.3, -0.25) is 9.80 Å². The Morgan fingerprint density at radius 2 is 1.92 bits per heavy atom. The van der Waals surface area contributed by atoms with Gasteiger partial charge in [0, 0.05) is 18.5 Å². The summed E-state index contributed by atoms with van der Waals surface area (Å²) >= 11 is 0. The van der Waals surface area contributed by atoms with Crippen LogP contribution >= 0.6 is 0 Å². The largest absolute Gasteiger partial charge is 0.390 e. The molecule has 0 aromatic heterocycles. The fourth-order valence-corrected chi connectivity index (χ4v) is 5.46. The molecule has 4 fully saturated rings. The van der Waals surface area contributed by atoms with E-state index in [0.29, 0.717) is 6.54 Å². The van der Waals surface area contributed by atoms with E-state index in [-0.39, 0.29) is 23.7 Å². The predicted molar refractivity (Wildman–Crippen MR) is 98.2 cm³/mol. The number of nitrogens with zero attached hydrogens (tertiary/aromatic N) is 3. The Balaban J connectivity index is 1.52. The SMILES string of the molecule is CCCN1C(=O)N2C(=C3NC(C45CCC(O)(CC4)CC5)=NC31)NC[C@@H]2C. The number of urea groups is 1. The number of hydrogen-bond acceptors (Lipinski definition) is 5. The van der Waals surface area contributed by atoms with Gasteiger partial charge in [0.05, 0.1) is 11.6 Å². The molecule has 6 aliphatic rings. The molecule has 3 heterocycles. The van der Waals surface area contributed by atoms with Gasteiger partial charge in [-0.15, -0.1) is 0 Å². The highest BCUT2D eigenvalue weighted by molar-refractivity contribution is 5.94. The maximum atomic E-state index is 13.1. The van der Waals surface area contributed by atoms with Gasteiger partial charge in [0.25, 0.3) is 0 Å². The summed E-state index contributed by atoms with van der Waals surface area (Å²) in [7, 11) is 0. The number of nitrogens with one attached hydrogen (secondary N) is 2. The fraction of sp³-hybridized carbons (Fsp3) is 0.789. The number of aliphatic hydroxyl groups is 1. The van der Waals surface area contributed by atoms with Crippen LogP contribution in [0.25, 0.3) is 0 Å². The first-order valence-electron chi connectivity index (χ1n) is 10.1. The summed E-state index contributed by atoms with van der Waals surface area (Å²) < 4.78 is 0. The fourth-order valence-electron chi connectivity index (χ4n) is 5.46. The first-order valence-corrected chi connectivity index (χ1v) is 10.1. The van der Waals surface area contributed by atoms with Gasteiger partial charge in [-0.2, -0.15) is 0 Å². The summed E-state index contributed by atoms with van der Waals surface area (Å²) in [6.45, 7) is 5.69. The van der Waals surface area contributed by atoms with E-state index in [2.05, 4.69) is 24.5 Å². The lowest BCUT2D eigenvalue weighted by atomic mass is 9.58. The van der Waals surface area contributed by atoms with E-state index in [1.807, 2.05) is 9.80 Å². The number of fused-ring (bicyclic) bond motifs is 5. The summed E-state index contributed by atoms with van der Waals surface area (Å²) in [6, 6.07) is 0.229. The molecular formula is C19H29N5O2. The molecule has 7 nitrogen and oxygen atoms in total. The number of carbonyl (C=O) groups is 1. The summed E-state index contributed by atoms with van der Waals surface area (Å²) in [5.41, 5.74) is 0.642. The first kappa shape index (κ1) is 16.4. The van der Waals surface area contributed by atoms with Gasteiger partial charge in [-0.1, -0.05) is 6.92 Å². The maximum absolute atomic E-state index is 13.1. The average molecular weight is 359 g/mol. The molecule has 0 spiro atoms. The molecule has 1 unspecified atom stereocenters. The molecule has 2 amide bonds. The zero-order valence-corrected chi connectivity index (χ0v) is 15.7. The lowest BCUT2D eigenvalue weighted by molar-refractivity contribution is -0.0705. The van der Waals surface area contributed by atoms with Gasteiger partial charge in [0.15, 0.2) is 6.17 Å². The van der Waals surface area contributed by atoms with E-state index in [4.69, 9.17) is 4.99 Å². The van der Waals surface area contributed by atoms with Gasteiger partial charge in [-0.25, -0.2) is 9.79 Å². The molecule has 1 saturated heterocycles. The highest BCUT2D eigenvalue weighted by Gasteiger charge is 2.54. The number of hydrogen-bond donors (Lipinski definition) is 3. The molecule has 0 aromatic carbocycles. The van der Waals surface area contributed by atoms with Crippen LogP contribution in [-0.2, 0) is 0 Å². The third-order valence-corrected chi connectivity index (χ3v) is 7.18. The topological polar surface area (TPSA) is 80.2 Å². The van der Waals surface area contributed by atoms with Crippen LogP contribution < -0.4 is 10.6 Å². The van der Waals surface area contributed by atoms with Crippen molar-refractivity contribution < 1.29 is 9.90 Å². The van der Waals surface area contributed by atoms with Crippen molar-refractivity contribution >= 4 is 11.9 Å². The highest BCUT2D eigenvalue weighted by Crippen LogP contribution is 2.53. The van der Waals surface area contributed by atoms with Crippen LogP contribution in [0.15, 0.2) is 16.5 Å². The number of rotatable bonds is 3. The molecular weight excluding hydrogens is 330 g/mol. The monoisotopic (exact) mass is 359 g/mol. The normalized spacial score (nSPS) is 41.0. The Hall–Kier alpha value is -1.76. The van der Waals surface area contributed by atoms with Crippen LogP contribution in [0.5, 0.6) is 0 Å². The Morgan fingerprint density at radius 3 is 2.58 bits per heavy atom. The number of amides is 2.